The molecule has 0 heterocycles. The average Bonchev–Trinajstić information content (AvgIpc) is 2.85. The second-order valence-corrected chi connectivity index (χ2v) is 8.92. The fourth-order valence-electron chi connectivity index (χ4n) is 6.66. The van der Waals surface area contributed by atoms with Crippen molar-refractivity contribution in [1.29, 1.82) is 0 Å². The number of carbonyl (C=O) groups excluding carboxylic acids is 2. The number of ketones is 2. The van der Waals surface area contributed by atoms with E-state index in [0.29, 0.717) is 35.7 Å². The van der Waals surface area contributed by atoms with E-state index in [9.17, 15) is 9.59 Å². The van der Waals surface area contributed by atoms with Gasteiger partial charge in [0.15, 0.2) is 5.78 Å². The second kappa shape index (κ2) is 4.91. The quantitative estimate of drug-likeness (QED) is 0.714. The molecule has 4 aliphatic carbocycles. The monoisotopic (exact) mass is 312 g/mol. The Balaban J connectivity index is 1.72. The van der Waals surface area contributed by atoms with Crippen LogP contribution in [-0.4, -0.2) is 11.6 Å². The molecule has 0 aromatic rings. The summed E-state index contributed by atoms with van der Waals surface area (Å²) in [5.74, 6) is 2.83. The summed E-state index contributed by atoms with van der Waals surface area (Å²) in [6.07, 6.45) is 12.9. The summed E-state index contributed by atoms with van der Waals surface area (Å²) in [6.45, 7) is 6.54. The summed E-state index contributed by atoms with van der Waals surface area (Å²) >= 11 is 0. The van der Waals surface area contributed by atoms with Gasteiger partial charge in [0.1, 0.15) is 5.78 Å². The van der Waals surface area contributed by atoms with E-state index in [0.717, 1.165) is 12.8 Å². The van der Waals surface area contributed by atoms with Crippen LogP contribution in [0.25, 0.3) is 0 Å². The lowest BCUT2D eigenvalue weighted by molar-refractivity contribution is -0.127. The van der Waals surface area contributed by atoms with Gasteiger partial charge < -0.3 is 0 Å². The highest BCUT2D eigenvalue weighted by Crippen LogP contribution is 2.65. The highest BCUT2D eigenvalue weighted by atomic mass is 16.1. The molecule has 2 fully saturated rings. The average molecular weight is 312 g/mol. The van der Waals surface area contributed by atoms with Gasteiger partial charge in [-0.3, -0.25) is 9.59 Å². The highest BCUT2D eigenvalue weighted by molar-refractivity contribution is 5.92. The molecular formula is C21H28O2. The molecule has 0 aromatic carbocycles. The topological polar surface area (TPSA) is 34.1 Å². The predicted octanol–water partition coefficient (Wildman–Crippen LogP) is 4.50. The number of carbonyl (C=O) groups is 2. The van der Waals surface area contributed by atoms with Gasteiger partial charge in [-0.1, -0.05) is 26.0 Å². The van der Waals surface area contributed by atoms with Gasteiger partial charge in [-0.05, 0) is 79.3 Å². The smallest absolute Gasteiger partial charge is 0.156 e. The number of hydrogen-bond acceptors (Lipinski definition) is 2. The number of allylic oxidation sites excluding steroid dienone is 4. The molecular weight excluding hydrogens is 284 g/mol. The first-order chi connectivity index (χ1) is 10.9. The van der Waals surface area contributed by atoms with Gasteiger partial charge in [-0.15, -0.1) is 0 Å². The largest absolute Gasteiger partial charge is 0.300 e. The van der Waals surface area contributed by atoms with Crippen molar-refractivity contribution in [1.82, 2.24) is 0 Å². The molecule has 0 amide bonds. The second-order valence-electron chi connectivity index (χ2n) is 8.92. The third kappa shape index (κ3) is 1.99. The Kier molecular flexibility index (Phi) is 3.28. The molecule has 0 saturated heterocycles. The molecule has 0 aromatic heterocycles. The summed E-state index contributed by atoms with van der Waals surface area (Å²) in [5.41, 5.74) is 1.63. The Morgan fingerprint density at radius 3 is 2.65 bits per heavy atom. The summed E-state index contributed by atoms with van der Waals surface area (Å²) < 4.78 is 0. The van der Waals surface area contributed by atoms with Crippen LogP contribution >= 0.6 is 0 Å². The van der Waals surface area contributed by atoms with Gasteiger partial charge in [-0.2, -0.15) is 0 Å². The van der Waals surface area contributed by atoms with Crippen LogP contribution in [-0.2, 0) is 9.59 Å². The molecule has 6 atom stereocenters. The van der Waals surface area contributed by atoms with E-state index in [1.807, 2.05) is 6.08 Å². The summed E-state index contributed by atoms with van der Waals surface area (Å²) in [5, 5.41) is 0. The molecule has 0 aliphatic heterocycles. The van der Waals surface area contributed by atoms with Crippen molar-refractivity contribution in [2.75, 3.05) is 0 Å². The SMILES string of the molecule is CC(=O)C1CCC2C3C=CC4=CC(=O)CC[C@]4(C)C3CC[C@]12C. The van der Waals surface area contributed by atoms with E-state index in [4.69, 9.17) is 0 Å². The van der Waals surface area contributed by atoms with E-state index in [-0.39, 0.29) is 16.7 Å². The molecule has 2 heteroatoms. The molecule has 0 spiro atoms. The number of Topliss-reactive ketones (excluding diaryl/α,β-unsaturated/α-hetero) is 1. The molecule has 0 N–H and O–H groups in total. The van der Waals surface area contributed by atoms with E-state index < -0.39 is 0 Å². The normalized spacial score (nSPS) is 48.3. The van der Waals surface area contributed by atoms with Crippen LogP contribution in [0.2, 0.25) is 0 Å². The van der Waals surface area contributed by atoms with Crippen LogP contribution in [0.4, 0.5) is 0 Å². The third-order valence-electron chi connectivity index (χ3n) is 8.01. The van der Waals surface area contributed by atoms with Crippen LogP contribution in [0, 0.1) is 34.5 Å². The number of fused-ring (bicyclic) bond motifs is 5. The first-order valence-corrected chi connectivity index (χ1v) is 9.30. The van der Waals surface area contributed by atoms with Crippen molar-refractivity contribution >= 4 is 11.6 Å². The van der Waals surface area contributed by atoms with E-state index in [2.05, 4.69) is 26.0 Å². The van der Waals surface area contributed by atoms with Crippen molar-refractivity contribution in [3.8, 4) is 0 Å². The van der Waals surface area contributed by atoms with Crippen LogP contribution in [0.3, 0.4) is 0 Å². The fourth-order valence-corrected chi connectivity index (χ4v) is 6.66. The van der Waals surface area contributed by atoms with Crippen LogP contribution < -0.4 is 0 Å². The molecule has 0 bridgehead atoms. The maximum Gasteiger partial charge on any atom is 0.156 e. The van der Waals surface area contributed by atoms with E-state index in [1.54, 1.807) is 6.92 Å². The van der Waals surface area contributed by atoms with Gasteiger partial charge in [-0.25, -0.2) is 0 Å². The Bertz CT molecular complexity index is 628. The van der Waals surface area contributed by atoms with Crippen molar-refractivity contribution in [3.05, 3.63) is 23.8 Å². The zero-order chi connectivity index (χ0) is 16.4. The lowest BCUT2D eigenvalue weighted by Crippen LogP contribution is -2.49. The predicted molar refractivity (Wildman–Crippen MR) is 90.8 cm³/mol. The van der Waals surface area contributed by atoms with Gasteiger partial charge in [0.25, 0.3) is 0 Å². The Morgan fingerprint density at radius 2 is 1.91 bits per heavy atom. The third-order valence-corrected chi connectivity index (χ3v) is 8.01. The maximum atomic E-state index is 12.1. The first-order valence-electron chi connectivity index (χ1n) is 9.30. The first kappa shape index (κ1) is 15.4. The van der Waals surface area contributed by atoms with Gasteiger partial charge in [0.05, 0.1) is 0 Å². The molecule has 124 valence electrons. The molecule has 4 aliphatic rings. The highest BCUT2D eigenvalue weighted by Gasteiger charge is 2.58. The summed E-state index contributed by atoms with van der Waals surface area (Å²) in [7, 11) is 0. The van der Waals surface area contributed by atoms with Crippen LogP contribution in [0.1, 0.15) is 59.3 Å². The zero-order valence-corrected chi connectivity index (χ0v) is 14.6. The minimum Gasteiger partial charge on any atom is -0.300 e. The van der Waals surface area contributed by atoms with Crippen LogP contribution in [0.15, 0.2) is 23.8 Å². The molecule has 2 nitrogen and oxygen atoms in total. The van der Waals surface area contributed by atoms with Crippen molar-refractivity contribution in [3.63, 3.8) is 0 Å². The zero-order valence-electron chi connectivity index (χ0n) is 14.6. The van der Waals surface area contributed by atoms with Crippen molar-refractivity contribution < 1.29 is 9.59 Å². The van der Waals surface area contributed by atoms with Gasteiger partial charge >= 0.3 is 0 Å². The van der Waals surface area contributed by atoms with E-state index in [1.165, 1.54) is 24.8 Å². The minimum absolute atomic E-state index is 0.170. The summed E-state index contributed by atoms with van der Waals surface area (Å²) in [4.78, 5) is 24.0. The van der Waals surface area contributed by atoms with Gasteiger partial charge in [0, 0.05) is 12.3 Å². The Labute approximate surface area is 139 Å². The van der Waals surface area contributed by atoms with Crippen LogP contribution in [0.5, 0.6) is 0 Å². The standard InChI is InChI=1S/C21H28O2/c1-13(22)17-6-7-18-16-5-4-14-12-15(23)8-10-20(14,2)19(16)9-11-21(17,18)3/h4-5,12,16-19H,6-11H2,1-3H3/t16?,17?,18?,19?,20-,21+/m0/s1. The van der Waals surface area contributed by atoms with Gasteiger partial charge in [0.2, 0.25) is 0 Å². The van der Waals surface area contributed by atoms with Crippen molar-refractivity contribution in [2.24, 2.45) is 34.5 Å². The van der Waals surface area contributed by atoms with E-state index >= 15 is 0 Å². The number of rotatable bonds is 1. The molecule has 4 unspecified atom stereocenters. The Hall–Kier alpha value is -1.18. The molecule has 0 radical (unpaired) electrons. The maximum absolute atomic E-state index is 12.1. The number of hydrogen-bond donors (Lipinski definition) is 0. The lowest BCUT2D eigenvalue weighted by Gasteiger charge is -2.55. The molecule has 4 rings (SSSR count). The molecule has 2 saturated carbocycles. The minimum atomic E-state index is 0.170. The Morgan fingerprint density at radius 1 is 1.13 bits per heavy atom. The fraction of sp³-hybridized carbons (Fsp3) is 0.714. The molecule has 23 heavy (non-hydrogen) atoms. The van der Waals surface area contributed by atoms with Crippen molar-refractivity contribution in [2.45, 2.75) is 59.3 Å². The lowest BCUT2D eigenvalue weighted by atomic mass is 9.48. The summed E-state index contributed by atoms with van der Waals surface area (Å²) in [6, 6.07) is 0.